The van der Waals surface area contributed by atoms with E-state index < -0.39 is 11.4 Å². The fourth-order valence-corrected chi connectivity index (χ4v) is 3.99. The molecule has 1 fully saturated rings. The average molecular weight is 432 g/mol. The monoisotopic (exact) mass is 431 g/mol. The van der Waals surface area contributed by atoms with Gasteiger partial charge in [0.25, 0.3) is 0 Å². The topological polar surface area (TPSA) is 77.1 Å². The number of rotatable bonds is 5. The molecule has 8 heteroatoms. The number of aromatic carboxylic acids is 1. The molecule has 1 aliphatic carbocycles. The Morgan fingerprint density at radius 1 is 1.24 bits per heavy atom. The van der Waals surface area contributed by atoms with Gasteiger partial charge in [0, 0.05) is 29.9 Å². The van der Waals surface area contributed by atoms with Crippen molar-refractivity contribution in [2.75, 3.05) is 0 Å². The van der Waals surface area contributed by atoms with Crippen LogP contribution in [0.5, 0.6) is 0 Å². The van der Waals surface area contributed by atoms with Gasteiger partial charge in [-0.1, -0.05) is 29.3 Å². The van der Waals surface area contributed by atoms with E-state index in [2.05, 4.69) is 5.10 Å². The molecular weight excluding hydrogens is 413 g/mol. The Hall–Kier alpha value is -2.57. The lowest BCUT2D eigenvalue weighted by Gasteiger charge is -2.21. The van der Waals surface area contributed by atoms with E-state index in [-0.39, 0.29) is 11.3 Å². The van der Waals surface area contributed by atoms with Crippen molar-refractivity contribution in [1.29, 1.82) is 0 Å². The Morgan fingerprint density at radius 2 is 1.97 bits per heavy atom. The normalized spacial score (nSPS) is 13.7. The molecule has 29 heavy (non-hydrogen) atoms. The highest BCUT2D eigenvalue weighted by atomic mass is 35.5. The lowest BCUT2D eigenvalue weighted by Crippen LogP contribution is -2.28. The summed E-state index contributed by atoms with van der Waals surface area (Å²) < 4.78 is 3.31. The number of benzene rings is 1. The van der Waals surface area contributed by atoms with Gasteiger partial charge in [0.05, 0.1) is 21.4 Å². The summed E-state index contributed by atoms with van der Waals surface area (Å²) in [5.41, 5.74) is 1.75. The maximum atomic E-state index is 13.3. The van der Waals surface area contributed by atoms with E-state index in [1.165, 1.54) is 4.68 Å². The third kappa shape index (κ3) is 3.36. The van der Waals surface area contributed by atoms with Gasteiger partial charge < -0.3 is 9.67 Å². The fraction of sp³-hybridized carbons (Fsp3) is 0.286. The zero-order valence-corrected chi connectivity index (χ0v) is 17.5. The number of nitrogens with zero attached hydrogens (tertiary/aromatic N) is 3. The highest BCUT2D eigenvalue weighted by Gasteiger charge is 2.29. The molecule has 3 aromatic rings. The largest absolute Gasteiger partial charge is 0.477 e. The molecule has 1 saturated carbocycles. The number of hydrogen-bond acceptors (Lipinski definition) is 3. The minimum absolute atomic E-state index is 0.250. The van der Waals surface area contributed by atoms with Crippen molar-refractivity contribution < 1.29 is 9.90 Å². The van der Waals surface area contributed by atoms with E-state index in [0.29, 0.717) is 39.5 Å². The highest BCUT2D eigenvalue weighted by molar-refractivity contribution is 6.42. The molecule has 0 unspecified atom stereocenters. The molecular formula is C21H19Cl2N3O3. The van der Waals surface area contributed by atoms with Crippen LogP contribution >= 0.6 is 23.2 Å². The predicted octanol–water partition coefficient (Wildman–Crippen LogP) is 4.91. The lowest BCUT2D eigenvalue weighted by atomic mass is 10.0. The molecule has 0 atom stereocenters. The van der Waals surface area contributed by atoms with Gasteiger partial charge in [0.2, 0.25) is 5.43 Å². The number of hydrogen-bond donors (Lipinski definition) is 1. The van der Waals surface area contributed by atoms with Gasteiger partial charge in [-0.3, -0.25) is 4.79 Å². The summed E-state index contributed by atoms with van der Waals surface area (Å²) in [4.78, 5) is 25.5. The summed E-state index contributed by atoms with van der Waals surface area (Å²) in [6.45, 7) is 4.16. The predicted molar refractivity (Wildman–Crippen MR) is 113 cm³/mol. The lowest BCUT2D eigenvalue weighted by molar-refractivity contribution is 0.0695. The number of carbonyl (C=O) groups is 1. The summed E-state index contributed by atoms with van der Waals surface area (Å²) in [6.07, 6.45) is 3.90. The van der Waals surface area contributed by atoms with Gasteiger partial charge in [-0.25, -0.2) is 9.48 Å². The number of aromatic nitrogens is 3. The highest BCUT2D eigenvalue weighted by Crippen LogP contribution is 2.39. The summed E-state index contributed by atoms with van der Waals surface area (Å²) in [6, 6.07) is 6.73. The zero-order valence-electron chi connectivity index (χ0n) is 15.9. The first-order valence-corrected chi connectivity index (χ1v) is 10.1. The third-order valence-corrected chi connectivity index (χ3v) is 5.99. The molecule has 0 bridgehead atoms. The Morgan fingerprint density at radius 3 is 2.55 bits per heavy atom. The molecule has 1 N–H and O–H groups in total. The zero-order chi connectivity index (χ0) is 20.9. The maximum absolute atomic E-state index is 13.3. The molecule has 1 aromatic carbocycles. The third-order valence-electron chi connectivity index (χ3n) is 5.25. The molecule has 150 valence electrons. The van der Waals surface area contributed by atoms with Crippen molar-refractivity contribution in [2.24, 2.45) is 0 Å². The summed E-state index contributed by atoms with van der Waals surface area (Å²) in [7, 11) is 0. The molecule has 2 aromatic heterocycles. The van der Waals surface area contributed by atoms with E-state index in [1.54, 1.807) is 35.9 Å². The van der Waals surface area contributed by atoms with E-state index in [0.717, 1.165) is 18.5 Å². The van der Waals surface area contributed by atoms with Crippen LogP contribution in [-0.4, -0.2) is 25.4 Å². The van der Waals surface area contributed by atoms with Crippen LogP contribution in [-0.2, 0) is 6.54 Å². The standard InChI is InChI=1S/C21H19Cl2N3O3/c1-3-25-11(2)18(26-9-8-16(24-26)12-4-5-12)20(27)17(21(28)29)19(25)13-6-7-14(22)15(23)10-13/h6-10,12H,3-5H2,1-2H3,(H,28,29). The first-order chi connectivity index (χ1) is 13.8. The number of carboxylic acids is 1. The van der Waals surface area contributed by atoms with Gasteiger partial charge in [-0.05, 0) is 44.9 Å². The van der Waals surface area contributed by atoms with Crippen LogP contribution in [0.2, 0.25) is 10.0 Å². The Kier molecular flexibility index (Phi) is 5.00. The van der Waals surface area contributed by atoms with Crippen molar-refractivity contribution in [3.8, 4) is 16.9 Å². The van der Waals surface area contributed by atoms with Crippen molar-refractivity contribution in [2.45, 2.75) is 39.2 Å². The van der Waals surface area contributed by atoms with E-state index >= 15 is 0 Å². The van der Waals surface area contributed by atoms with Gasteiger partial charge in [-0.2, -0.15) is 5.10 Å². The van der Waals surface area contributed by atoms with Gasteiger partial charge in [0.15, 0.2) is 0 Å². The minimum atomic E-state index is -1.30. The number of halogens is 2. The summed E-state index contributed by atoms with van der Waals surface area (Å²) >= 11 is 12.2. The first kappa shape index (κ1) is 19.7. The van der Waals surface area contributed by atoms with Gasteiger partial charge >= 0.3 is 5.97 Å². The van der Waals surface area contributed by atoms with Crippen LogP contribution in [0, 0.1) is 6.92 Å². The van der Waals surface area contributed by atoms with Gasteiger partial charge in [0.1, 0.15) is 11.3 Å². The molecule has 6 nitrogen and oxygen atoms in total. The second kappa shape index (κ2) is 7.35. The van der Waals surface area contributed by atoms with Gasteiger partial charge in [-0.15, -0.1) is 0 Å². The smallest absolute Gasteiger partial charge is 0.341 e. The van der Waals surface area contributed by atoms with Crippen LogP contribution in [0.3, 0.4) is 0 Å². The Bertz CT molecular complexity index is 1190. The van der Waals surface area contributed by atoms with Crippen molar-refractivity contribution >= 4 is 29.2 Å². The van der Waals surface area contributed by atoms with E-state index in [1.807, 2.05) is 13.0 Å². The SMILES string of the molecule is CCn1c(C)c(-n2ccc(C3CC3)n2)c(=O)c(C(=O)O)c1-c1ccc(Cl)c(Cl)c1. The van der Waals surface area contributed by atoms with Crippen molar-refractivity contribution in [3.63, 3.8) is 0 Å². The Labute approximate surface area is 177 Å². The van der Waals surface area contributed by atoms with Crippen molar-refractivity contribution in [1.82, 2.24) is 14.3 Å². The second-order valence-electron chi connectivity index (χ2n) is 7.12. The van der Waals surface area contributed by atoms with E-state index in [4.69, 9.17) is 23.2 Å². The Balaban J connectivity index is 2.02. The number of carboxylic acid groups (broad SMARTS) is 1. The average Bonchev–Trinajstić information content (AvgIpc) is 3.42. The van der Waals surface area contributed by atoms with Crippen LogP contribution in [0.15, 0.2) is 35.3 Å². The maximum Gasteiger partial charge on any atom is 0.341 e. The van der Waals surface area contributed by atoms with Crippen molar-refractivity contribution in [3.05, 3.63) is 67.7 Å². The molecule has 1 aliphatic rings. The van der Waals surface area contributed by atoms with Crippen LogP contribution in [0.4, 0.5) is 0 Å². The molecule has 0 amide bonds. The van der Waals surface area contributed by atoms with Crippen LogP contribution in [0.1, 0.15) is 47.4 Å². The van der Waals surface area contributed by atoms with Crippen LogP contribution < -0.4 is 5.43 Å². The van der Waals surface area contributed by atoms with E-state index in [9.17, 15) is 14.7 Å². The summed E-state index contributed by atoms with van der Waals surface area (Å²) in [5.74, 6) is -0.867. The second-order valence-corrected chi connectivity index (χ2v) is 7.94. The molecule has 0 spiro atoms. The molecule has 0 aliphatic heterocycles. The fourth-order valence-electron chi connectivity index (χ4n) is 3.69. The quantitative estimate of drug-likeness (QED) is 0.622. The first-order valence-electron chi connectivity index (χ1n) is 9.35. The number of pyridine rings is 1. The molecule has 0 radical (unpaired) electrons. The summed E-state index contributed by atoms with van der Waals surface area (Å²) in [5, 5.41) is 15.1. The van der Waals surface area contributed by atoms with Crippen LogP contribution in [0.25, 0.3) is 16.9 Å². The minimum Gasteiger partial charge on any atom is -0.477 e. The molecule has 2 heterocycles. The molecule has 0 saturated heterocycles. The molecule has 4 rings (SSSR count).